The molecule has 9 nitrogen and oxygen atoms in total. The minimum atomic E-state index is -0.418. The summed E-state index contributed by atoms with van der Waals surface area (Å²) >= 11 is 0. The minimum absolute atomic E-state index is 0.0443. The average molecular weight is 437 g/mol. The Morgan fingerprint density at radius 1 is 1.28 bits per heavy atom. The van der Waals surface area contributed by atoms with E-state index in [0.29, 0.717) is 36.0 Å². The van der Waals surface area contributed by atoms with Crippen molar-refractivity contribution in [3.8, 4) is 17.6 Å². The van der Waals surface area contributed by atoms with Crippen LogP contribution in [0.5, 0.6) is 5.75 Å². The van der Waals surface area contributed by atoms with Crippen molar-refractivity contribution in [1.29, 1.82) is 0 Å². The zero-order valence-electron chi connectivity index (χ0n) is 18.7. The zero-order chi connectivity index (χ0) is 22.8. The zero-order valence-corrected chi connectivity index (χ0v) is 18.7. The molecule has 0 aliphatic carbocycles. The van der Waals surface area contributed by atoms with E-state index in [1.54, 1.807) is 21.1 Å². The normalized spacial score (nSPS) is 16.1. The van der Waals surface area contributed by atoms with Gasteiger partial charge in [-0.1, -0.05) is 18.1 Å². The summed E-state index contributed by atoms with van der Waals surface area (Å²) in [5, 5.41) is 0. The Bertz CT molecular complexity index is 1320. The van der Waals surface area contributed by atoms with Gasteiger partial charge in [0.15, 0.2) is 11.2 Å². The molecule has 3 aromatic rings. The maximum atomic E-state index is 13.6. The fourth-order valence-electron chi connectivity index (χ4n) is 4.19. The summed E-state index contributed by atoms with van der Waals surface area (Å²) in [6.07, 6.45) is 1.90. The number of methoxy groups -OCH3 is 1. The second-order valence-electron chi connectivity index (χ2n) is 8.03. The minimum Gasteiger partial charge on any atom is -0.497 e. The van der Waals surface area contributed by atoms with E-state index < -0.39 is 5.69 Å². The van der Waals surface area contributed by atoms with Gasteiger partial charge in [0.1, 0.15) is 5.75 Å². The highest BCUT2D eigenvalue weighted by Crippen LogP contribution is 2.23. The Morgan fingerprint density at radius 2 is 2.09 bits per heavy atom. The van der Waals surface area contributed by atoms with Crippen LogP contribution in [0.4, 0.5) is 5.95 Å². The molecule has 0 radical (unpaired) electrons. The number of piperidine rings is 1. The first-order valence-corrected chi connectivity index (χ1v) is 10.7. The molecule has 1 unspecified atom stereocenters. The van der Waals surface area contributed by atoms with E-state index in [1.165, 1.54) is 9.13 Å². The largest absolute Gasteiger partial charge is 0.497 e. The fourth-order valence-corrected chi connectivity index (χ4v) is 4.19. The van der Waals surface area contributed by atoms with Crippen molar-refractivity contribution >= 4 is 17.1 Å². The molecule has 3 heterocycles. The smallest absolute Gasteiger partial charge is 0.332 e. The number of imidazole rings is 1. The van der Waals surface area contributed by atoms with Crippen molar-refractivity contribution in [2.75, 3.05) is 25.1 Å². The van der Waals surface area contributed by atoms with Crippen molar-refractivity contribution in [1.82, 2.24) is 18.7 Å². The first-order valence-electron chi connectivity index (χ1n) is 10.7. The Labute approximate surface area is 186 Å². The standard InChI is InChI=1S/C23H28N6O3/c1-4-5-12-28-19-20(25-22(28)27-11-7-9-17(24)15-27)26(2)23(31)29(21(19)30)14-16-8-6-10-18(13-16)32-3/h6,8,10,13,17H,7,9,11-12,14-15,24H2,1-3H3. The molecule has 1 fully saturated rings. The maximum Gasteiger partial charge on any atom is 0.332 e. The van der Waals surface area contributed by atoms with Crippen LogP contribution >= 0.6 is 0 Å². The van der Waals surface area contributed by atoms with E-state index in [2.05, 4.69) is 16.7 Å². The number of benzene rings is 1. The number of ether oxygens (including phenoxy) is 1. The molecule has 1 atom stereocenters. The molecule has 9 heteroatoms. The highest BCUT2D eigenvalue weighted by Gasteiger charge is 2.26. The quantitative estimate of drug-likeness (QED) is 0.597. The third-order valence-corrected chi connectivity index (χ3v) is 5.84. The monoisotopic (exact) mass is 436 g/mol. The number of fused-ring (bicyclic) bond motifs is 1. The molecule has 0 bridgehead atoms. The highest BCUT2D eigenvalue weighted by molar-refractivity contribution is 5.75. The van der Waals surface area contributed by atoms with Crippen LogP contribution in [0.1, 0.15) is 25.3 Å². The fraction of sp³-hybridized carbons (Fsp3) is 0.435. The van der Waals surface area contributed by atoms with Crippen molar-refractivity contribution < 1.29 is 4.74 Å². The molecule has 1 aliphatic rings. The van der Waals surface area contributed by atoms with E-state index in [-0.39, 0.29) is 18.1 Å². The number of hydrogen-bond donors (Lipinski definition) is 1. The summed E-state index contributed by atoms with van der Waals surface area (Å²) in [6, 6.07) is 7.38. The Hall–Kier alpha value is -3.51. The number of nitrogens with zero attached hydrogens (tertiary/aromatic N) is 5. The molecule has 0 spiro atoms. The van der Waals surface area contributed by atoms with Gasteiger partial charge in [0.25, 0.3) is 5.56 Å². The van der Waals surface area contributed by atoms with Gasteiger partial charge in [-0.25, -0.2) is 4.79 Å². The Morgan fingerprint density at radius 3 is 2.81 bits per heavy atom. The molecular weight excluding hydrogens is 408 g/mol. The van der Waals surface area contributed by atoms with Gasteiger partial charge >= 0.3 is 5.69 Å². The van der Waals surface area contributed by atoms with Crippen molar-refractivity contribution in [2.24, 2.45) is 12.8 Å². The van der Waals surface area contributed by atoms with Crippen LogP contribution in [0.3, 0.4) is 0 Å². The van der Waals surface area contributed by atoms with Gasteiger partial charge in [-0.2, -0.15) is 4.98 Å². The summed E-state index contributed by atoms with van der Waals surface area (Å²) in [5.74, 6) is 7.23. The topological polar surface area (TPSA) is 100 Å². The molecule has 0 amide bonds. The summed E-state index contributed by atoms with van der Waals surface area (Å²) in [4.78, 5) is 33.5. The van der Waals surface area contributed by atoms with E-state index in [1.807, 2.05) is 28.8 Å². The van der Waals surface area contributed by atoms with Crippen LogP contribution in [0.25, 0.3) is 11.2 Å². The lowest BCUT2D eigenvalue weighted by atomic mass is 10.1. The Kier molecular flexibility index (Phi) is 6.06. The predicted octanol–water partition coefficient (Wildman–Crippen LogP) is 0.904. The molecule has 168 valence electrons. The summed E-state index contributed by atoms with van der Waals surface area (Å²) in [7, 11) is 3.22. The van der Waals surface area contributed by atoms with Crippen molar-refractivity contribution in [2.45, 2.75) is 38.9 Å². The number of nitrogens with two attached hydrogens (primary N) is 1. The molecular formula is C23H28N6O3. The lowest BCUT2D eigenvalue weighted by Crippen LogP contribution is -2.44. The van der Waals surface area contributed by atoms with E-state index in [9.17, 15) is 9.59 Å². The van der Waals surface area contributed by atoms with E-state index >= 15 is 0 Å². The highest BCUT2D eigenvalue weighted by atomic mass is 16.5. The van der Waals surface area contributed by atoms with E-state index in [0.717, 1.165) is 24.9 Å². The molecule has 32 heavy (non-hydrogen) atoms. The van der Waals surface area contributed by atoms with E-state index in [4.69, 9.17) is 15.5 Å². The van der Waals surface area contributed by atoms with Gasteiger partial charge in [0, 0.05) is 26.2 Å². The molecule has 2 N–H and O–H groups in total. The molecule has 1 aliphatic heterocycles. The summed E-state index contributed by atoms with van der Waals surface area (Å²) in [6.45, 7) is 3.64. The Balaban J connectivity index is 1.91. The second kappa shape index (κ2) is 8.93. The first kappa shape index (κ1) is 21.7. The van der Waals surface area contributed by atoms with Crippen molar-refractivity contribution in [3.05, 3.63) is 50.7 Å². The van der Waals surface area contributed by atoms with Crippen LogP contribution < -0.4 is 26.6 Å². The summed E-state index contributed by atoms with van der Waals surface area (Å²) in [5.41, 5.74) is 6.90. The van der Waals surface area contributed by atoms with Gasteiger partial charge in [0.05, 0.1) is 20.2 Å². The molecule has 4 rings (SSSR count). The van der Waals surface area contributed by atoms with Crippen LogP contribution in [-0.2, 0) is 20.1 Å². The third-order valence-electron chi connectivity index (χ3n) is 5.84. The summed E-state index contributed by atoms with van der Waals surface area (Å²) < 4.78 is 9.75. The first-order chi connectivity index (χ1) is 15.4. The van der Waals surface area contributed by atoms with Crippen LogP contribution in [-0.4, -0.2) is 44.9 Å². The number of anilines is 1. The molecule has 2 aromatic heterocycles. The van der Waals surface area contributed by atoms with Gasteiger partial charge in [-0.3, -0.25) is 18.5 Å². The third kappa shape index (κ3) is 3.89. The lowest BCUT2D eigenvalue weighted by molar-refractivity contribution is 0.414. The number of rotatable bonds is 5. The SMILES string of the molecule is CC#CCn1c(N2CCCC(N)C2)nc2c1c(=O)n(Cc1cccc(OC)c1)c(=O)n2C. The number of aromatic nitrogens is 4. The van der Waals surface area contributed by atoms with Crippen LogP contribution in [0.2, 0.25) is 0 Å². The van der Waals surface area contributed by atoms with Gasteiger partial charge in [-0.05, 0) is 37.5 Å². The van der Waals surface area contributed by atoms with Gasteiger partial charge < -0.3 is 15.4 Å². The van der Waals surface area contributed by atoms with Gasteiger partial charge in [-0.15, -0.1) is 5.92 Å². The molecule has 1 saturated heterocycles. The van der Waals surface area contributed by atoms with Crippen molar-refractivity contribution in [3.63, 3.8) is 0 Å². The lowest BCUT2D eigenvalue weighted by Gasteiger charge is -2.31. The average Bonchev–Trinajstić information content (AvgIpc) is 3.19. The maximum absolute atomic E-state index is 13.6. The molecule has 1 aromatic carbocycles. The van der Waals surface area contributed by atoms with Crippen LogP contribution in [0.15, 0.2) is 33.9 Å². The predicted molar refractivity (Wildman–Crippen MR) is 124 cm³/mol. The molecule has 0 saturated carbocycles. The number of aryl methyl sites for hydroxylation is 1. The number of hydrogen-bond acceptors (Lipinski definition) is 6. The van der Waals surface area contributed by atoms with Crippen LogP contribution in [0, 0.1) is 11.8 Å². The van der Waals surface area contributed by atoms with Gasteiger partial charge in [0.2, 0.25) is 5.95 Å². The second-order valence-corrected chi connectivity index (χ2v) is 8.03.